The quantitative estimate of drug-likeness (QED) is 0.179. The Labute approximate surface area is 404 Å². The predicted octanol–water partition coefficient (Wildman–Crippen LogP) is 16.4. The fraction of sp³-hybridized carbons (Fsp3) is 0.197. The summed E-state index contributed by atoms with van der Waals surface area (Å²) in [6.45, 7) is 16.6. The Morgan fingerprint density at radius 2 is 1.35 bits per heavy atom. The zero-order valence-corrected chi connectivity index (χ0v) is 41.0. The maximum atomic E-state index is 6.67. The second-order valence-corrected chi connectivity index (χ2v) is 23.8. The van der Waals surface area contributed by atoms with Gasteiger partial charge in [-0.05, 0) is 124 Å². The van der Waals surface area contributed by atoms with Gasteiger partial charge in [0.2, 0.25) is 5.89 Å². The molecule has 14 rings (SSSR count). The molecule has 7 heteroatoms. The molecule has 0 fully saturated rings. The highest BCUT2D eigenvalue weighted by atomic mass is 32.1. The number of hydrogen-bond donors (Lipinski definition) is 1. The zero-order chi connectivity index (χ0) is 46.0. The van der Waals surface area contributed by atoms with Gasteiger partial charge in [-0.25, -0.2) is 4.98 Å². The van der Waals surface area contributed by atoms with E-state index in [0.717, 1.165) is 52.0 Å². The number of fused-ring (bicyclic) bond motifs is 14. The number of thiophene rings is 2. The van der Waals surface area contributed by atoms with Crippen LogP contribution in [0.15, 0.2) is 144 Å². The number of oxazole rings is 1. The lowest BCUT2D eigenvalue weighted by atomic mass is 9.58. The summed E-state index contributed by atoms with van der Waals surface area (Å²) < 4.78 is 14.4. The van der Waals surface area contributed by atoms with Crippen LogP contribution in [0.2, 0.25) is 0 Å². The molecule has 0 bridgehead atoms. The van der Waals surface area contributed by atoms with Crippen LogP contribution in [0.3, 0.4) is 0 Å². The molecule has 1 aliphatic carbocycles. The predicted molar refractivity (Wildman–Crippen MR) is 294 cm³/mol. The third-order valence-corrected chi connectivity index (χ3v) is 17.8. The van der Waals surface area contributed by atoms with Crippen LogP contribution in [0.1, 0.15) is 78.0 Å². The molecule has 2 aliphatic rings. The van der Waals surface area contributed by atoms with Crippen molar-refractivity contribution in [2.24, 2.45) is 0 Å². The number of anilines is 2. The summed E-state index contributed by atoms with van der Waals surface area (Å²) in [5.74, 6) is 0.635. The van der Waals surface area contributed by atoms with Gasteiger partial charge in [0.25, 0.3) is 0 Å². The molecule has 0 unspecified atom stereocenters. The van der Waals surface area contributed by atoms with Gasteiger partial charge in [-0.1, -0.05) is 121 Å². The average Bonchev–Trinajstić information content (AvgIpc) is 4.10. The normalized spacial score (nSPS) is 15.2. The number of aromatic nitrogens is 2. The average molecular weight is 915 g/mol. The summed E-state index contributed by atoms with van der Waals surface area (Å²) in [7, 11) is 2.47. The van der Waals surface area contributed by atoms with Gasteiger partial charge in [0.05, 0.1) is 5.52 Å². The molecular weight excluding hydrogens is 866 g/mol. The van der Waals surface area contributed by atoms with E-state index in [1.54, 1.807) is 0 Å². The molecule has 329 valence electrons. The fourth-order valence-corrected chi connectivity index (χ4v) is 14.1. The van der Waals surface area contributed by atoms with Gasteiger partial charge < -0.3 is 14.3 Å². The van der Waals surface area contributed by atoms with Gasteiger partial charge in [0.1, 0.15) is 5.52 Å². The Hall–Kier alpha value is -6.67. The highest BCUT2D eigenvalue weighted by Crippen LogP contribution is 2.53. The monoisotopic (exact) mass is 914 g/mol. The Kier molecular flexibility index (Phi) is 8.30. The van der Waals surface area contributed by atoms with E-state index in [1.807, 2.05) is 40.9 Å². The Morgan fingerprint density at radius 1 is 0.662 bits per heavy atom. The van der Waals surface area contributed by atoms with Crippen LogP contribution >= 0.6 is 22.7 Å². The second kappa shape index (κ2) is 14.0. The highest BCUT2D eigenvalue weighted by molar-refractivity contribution is 7.27. The maximum Gasteiger partial charge on any atom is 0.227 e. The minimum absolute atomic E-state index is 0.0294. The Bertz CT molecular complexity index is 4120. The van der Waals surface area contributed by atoms with Gasteiger partial charge in [-0.15, -0.1) is 22.7 Å². The van der Waals surface area contributed by atoms with Gasteiger partial charge in [-0.2, -0.15) is 0 Å². The van der Waals surface area contributed by atoms with Crippen molar-refractivity contribution in [3.63, 3.8) is 0 Å². The third kappa shape index (κ3) is 5.82. The van der Waals surface area contributed by atoms with Gasteiger partial charge in [0.15, 0.2) is 12.9 Å². The molecule has 0 atom stereocenters. The number of nitrogens with one attached hydrogen (secondary N) is 1. The molecule has 4 nitrogen and oxygen atoms in total. The van der Waals surface area contributed by atoms with Crippen LogP contribution < -0.4 is 16.2 Å². The molecule has 68 heavy (non-hydrogen) atoms. The maximum absolute atomic E-state index is 6.67. The topological polar surface area (TPSA) is 43.0 Å². The van der Waals surface area contributed by atoms with E-state index in [1.165, 1.54) is 95.4 Å². The molecule has 5 heterocycles. The number of rotatable bonds is 4. The van der Waals surface area contributed by atoms with Gasteiger partial charge in [-0.3, -0.25) is 0 Å². The van der Waals surface area contributed by atoms with Crippen LogP contribution in [0.5, 0.6) is 0 Å². The van der Waals surface area contributed by atoms with Crippen molar-refractivity contribution < 1.29 is 4.42 Å². The summed E-state index contributed by atoms with van der Waals surface area (Å²) in [6.07, 6.45) is 2.30. The molecule has 0 saturated heterocycles. The SMILES string of the molecule is CC(C)(C)c1ccc(Nc2cc3sc4ccccc4c3cc2-c2c3c4c(c5cc6c(cc5n4-c4cc5oc(-c7ccccc7)nc5cc4[B]3)C(C)(C)CCC6(C)C)c3c2sc2ccccc23)cc1. The van der Waals surface area contributed by atoms with E-state index in [9.17, 15) is 0 Å². The molecule has 8 aromatic carbocycles. The fourth-order valence-electron chi connectivity index (χ4n) is 11.7. The van der Waals surface area contributed by atoms with Crippen LogP contribution in [-0.2, 0) is 16.2 Å². The molecule has 0 amide bonds. The van der Waals surface area contributed by atoms with E-state index in [4.69, 9.17) is 9.40 Å². The van der Waals surface area contributed by atoms with E-state index in [0.29, 0.717) is 5.89 Å². The second-order valence-electron chi connectivity index (χ2n) is 21.7. The van der Waals surface area contributed by atoms with Crippen molar-refractivity contribution >= 4 is 126 Å². The molecule has 0 saturated carbocycles. The van der Waals surface area contributed by atoms with Gasteiger partial charge >= 0.3 is 0 Å². The molecule has 0 spiro atoms. The van der Waals surface area contributed by atoms with E-state index < -0.39 is 0 Å². The summed E-state index contributed by atoms with van der Waals surface area (Å²) in [6, 6.07) is 51.9. The smallest absolute Gasteiger partial charge is 0.227 e. The minimum atomic E-state index is 0.0294. The lowest BCUT2D eigenvalue weighted by Gasteiger charge is -2.42. The third-order valence-electron chi connectivity index (χ3n) is 15.5. The van der Waals surface area contributed by atoms with Crippen LogP contribution in [0.4, 0.5) is 11.4 Å². The van der Waals surface area contributed by atoms with Crippen molar-refractivity contribution in [1.82, 2.24) is 9.55 Å². The first-order valence-corrected chi connectivity index (χ1v) is 25.6. The number of benzene rings is 8. The Balaban J connectivity index is 1.15. The van der Waals surface area contributed by atoms with Crippen molar-refractivity contribution in [2.75, 3.05) is 5.32 Å². The molecule has 12 aromatic rings. The molecule has 1 N–H and O–H groups in total. The molecule has 1 radical (unpaired) electrons. The summed E-state index contributed by atoms with van der Waals surface area (Å²) in [5, 5.41) is 11.9. The van der Waals surface area contributed by atoms with Crippen LogP contribution in [-0.4, -0.2) is 16.8 Å². The summed E-state index contributed by atoms with van der Waals surface area (Å²) >= 11 is 3.80. The zero-order valence-electron chi connectivity index (χ0n) is 39.4. The van der Waals surface area contributed by atoms with E-state index in [2.05, 4.69) is 187 Å². The summed E-state index contributed by atoms with van der Waals surface area (Å²) in [4.78, 5) is 5.13. The first-order chi connectivity index (χ1) is 32.8. The van der Waals surface area contributed by atoms with Crippen molar-refractivity contribution in [2.45, 2.75) is 77.6 Å². The van der Waals surface area contributed by atoms with Crippen LogP contribution in [0.25, 0.3) is 102 Å². The lowest BCUT2D eigenvalue weighted by Crippen LogP contribution is -2.37. The van der Waals surface area contributed by atoms with Gasteiger partial charge in [0, 0.05) is 90.9 Å². The standard InChI is InChI=1S/C61H49BN3OS2/c1-59(2,3)34-21-23-35(24-22-34)63-44-31-51-38(36-17-11-13-19-49(36)67-51)27-39(44)54-55-56-52(53-37-18-12-14-20-50(37)68-57(53)54)40-28-41-42(61(6,7)26-25-60(41,4)5)29-46(40)65(56)47-32-48-45(30-43(47)62-55)64-58(66-48)33-15-9-8-10-16-33/h8-24,27-32,63H,25-26H2,1-7H3. The largest absolute Gasteiger partial charge is 0.436 e. The molecular formula is C61H49BN3OS2. The lowest BCUT2D eigenvalue weighted by molar-refractivity contribution is 0.332. The van der Waals surface area contributed by atoms with E-state index >= 15 is 0 Å². The highest BCUT2D eigenvalue weighted by Gasteiger charge is 2.39. The van der Waals surface area contributed by atoms with E-state index in [-0.39, 0.29) is 16.2 Å². The summed E-state index contributed by atoms with van der Waals surface area (Å²) in [5.41, 5.74) is 17.6. The first kappa shape index (κ1) is 40.4. The van der Waals surface area contributed by atoms with Crippen molar-refractivity contribution in [3.8, 4) is 28.3 Å². The van der Waals surface area contributed by atoms with Crippen LogP contribution in [0, 0.1) is 0 Å². The van der Waals surface area contributed by atoms with Crippen molar-refractivity contribution in [3.05, 3.63) is 156 Å². The number of nitrogens with zero attached hydrogens (tertiary/aromatic N) is 2. The first-order valence-electron chi connectivity index (χ1n) is 24.0. The number of hydrogen-bond acceptors (Lipinski definition) is 5. The van der Waals surface area contributed by atoms with Crippen molar-refractivity contribution in [1.29, 1.82) is 0 Å². The molecule has 4 aromatic heterocycles. The minimum Gasteiger partial charge on any atom is -0.436 e. The Morgan fingerprint density at radius 3 is 2.10 bits per heavy atom. The molecule has 1 aliphatic heterocycles.